The summed E-state index contributed by atoms with van der Waals surface area (Å²) < 4.78 is 28.5. The van der Waals surface area contributed by atoms with E-state index in [1.54, 1.807) is 82.0 Å². The van der Waals surface area contributed by atoms with Crippen LogP contribution in [0.15, 0.2) is 121 Å². The van der Waals surface area contributed by atoms with Crippen molar-refractivity contribution in [2.45, 2.75) is 48.4 Å². The van der Waals surface area contributed by atoms with Crippen molar-refractivity contribution in [1.29, 1.82) is 0 Å². The van der Waals surface area contributed by atoms with Gasteiger partial charge in [0.25, 0.3) is 0 Å². The van der Waals surface area contributed by atoms with Crippen molar-refractivity contribution in [3.05, 3.63) is 132 Å². The Morgan fingerprint density at radius 3 is 1.32 bits per heavy atom. The van der Waals surface area contributed by atoms with Crippen LogP contribution in [0.1, 0.15) is 39.5 Å². The maximum atomic E-state index is 12.6. The molecular formula is C34H38F2N2O2Sn. The molecular weight excluding hydrogens is 625 g/mol. The van der Waals surface area contributed by atoms with Gasteiger partial charge >= 0.3 is 69.5 Å². The van der Waals surface area contributed by atoms with Crippen molar-refractivity contribution in [3.63, 3.8) is 0 Å². The molecule has 41 heavy (non-hydrogen) atoms. The summed E-state index contributed by atoms with van der Waals surface area (Å²) in [5, 5.41) is 5.87. The Labute approximate surface area is 252 Å². The molecule has 2 aliphatic carbocycles. The van der Waals surface area contributed by atoms with Gasteiger partial charge in [-0.25, -0.2) is 8.78 Å². The summed E-state index contributed by atoms with van der Waals surface area (Å²) in [6, 6.07) is 11.9. The first kappa shape index (κ1) is 33.7. The Hall–Kier alpha value is -3.52. The van der Waals surface area contributed by atoms with Crippen molar-refractivity contribution >= 4 is 44.1 Å². The molecule has 0 saturated heterocycles. The number of rotatable bonds is 10. The van der Waals surface area contributed by atoms with Crippen LogP contribution in [0, 0.1) is 11.6 Å². The minimum absolute atomic E-state index is 0.0443. The van der Waals surface area contributed by atoms with Gasteiger partial charge in [-0.2, -0.15) is 0 Å². The number of allylic oxidation sites excluding steroid dienone is 10. The molecule has 4 nitrogen and oxygen atoms in total. The van der Waals surface area contributed by atoms with Gasteiger partial charge in [0.2, 0.25) is 0 Å². The minimum atomic E-state index is -0.283. The number of ketones is 2. The van der Waals surface area contributed by atoms with Crippen LogP contribution in [0.4, 0.5) is 20.2 Å². The number of carbonyl (C=O) groups is 2. The van der Waals surface area contributed by atoms with Crippen LogP contribution in [0.5, 0.6) is 0 Å². The molecule has 2 aliphatic rings. The van der Waals surface area contributed by atoms with Gasteiger partial charge in [0, 0.05) is 34.9 Å². The first-order valence-corrected chi connectivity index (χ1v) is 17.9. The summed E-state index contributed by atoms with van der Waals surface area (Å²) in [6.45, 7) is 4.58. The van der Waals surface area contributed by atoms with Gasteiger partial charge in [0.15, 0.2) is 11.6 Å². The van der Waals surface area contributed by atoms with Crippen molar-refractivity contribution < 1.29 is 18.4 Å². The Morgan fingerprint density at radius 1 is 0.610 bits per heavy atom. The SMILES string of the molecule is CCC[CH2][Sn][CH2]CCC.O=C1C=CC=CC1=CNc1ccc(F)cc1.O=C1C=CC=CC1=CNc1ccc(F)cc1. The summed E-state index contributed by atoms with van der Waals surface area (Å²) >= 11 is 0.149. The molecule has 0 atom stereocenters. The van der Waals surface area contributed by atoms with Gasteiger partial charge in [-0.3, -0.25) is 9.59 Å². The van der Waals surface area contributed by atoms with E-state index >= 15 is 0 Å². The zero-order valence-corrected chi connectivity index (χ0v) is 26.6. The summed E-state index contributed by atoms with van der Waals surface area (Å²) in [5.74, 6) is -0.654. The average molecular weight is 663 g/mol. The van der Waals surface area contributed by atoms with E-state index in [0.717, 1.165) is 11.4 Å². The van der Waals surface area contributed by atoms with Crippen molar-refractivity contribution in [2.75, 3.05) is 10.6 Å². The first-order valence-electron chi connectivity index (χ1n) is 13.9. The van der Waals surface area contributed by atoms with Crippen LogP contribution in [-0.2, 0) is 9.59 Å². The van der Waals surface area contributed by atoms with Gasteiger partial charge in [-0.15, -0.1) is 0 Å². The first-order chi connectivity index (χ1) is 19.9. The predicted octanol–water partition coefficient (Wildman–Crippen LogP) is 8.76. The zero-order chi connectivity index (χ0) is 29.7. The molecule has 0 amide bonds. The topological polar surface area (TPSA) is 58.2 Å². The fourth-order valence-corrected chi connectivity index (χ4v) is 7.50. The molecule has 0 heterocycles. The van der Waals surface area contributed by atoms with E-state index in [2.05, 4.69) is 24.5 Å². The second-order valence-electron chi connectivity index (χ2n) is 9.12. The molecule has 0 saturated carbocycles. The molecule has 2 aromatic rings. The number of halogens is 2. The minimum Gasteiger partial charge on any atom is -0.361 e. The van der Waals surface area contributed by atoms with E-state index in [-0.39, 0.29) is 44.3 Å². The van der Waals surface area contributed by atoms with E-state index in [0.29, 0.717) is 11.1 Å². The van der Waals surface area contributed by atoms with E-state index < -0.39 is 0 Å². The monoisotopic (exact) mass is 664 g/mol. The van der Waals surface area contributed by atoms with E-state index in [9.17, 15) is 18.4 Å². The summed E-state index contributed by atoms with van der Waals surface area (Å²) in [6.07, 6.45) is 22.5. The molecule has 214 valence electrons. The number of benzene rings is 2. The van der Waals surface area contributed by atoms with Crippen LogP contribution < -0.4 is 10.6 Å². The van der Waals surface area contributed by atoms with Crippen molar-refractivity contribution in [1.82, 2.24) is 0 Å². The quantitative estimate of drug-likeness (QED) is 0.152. The molecule has 2 N–H and O–H groups in total. The van der Waals surface area contributed by atoms with Crippen LogP contribution in [-0.4, -0.2) is 32.7 Å². The average Bonchev–Trinajstić information content (AvgIpc) is 2.99. The fourth-order valence-electron chi connectivity index (χ4n) is 3.34. The van der Waals surface area contributed by atoms with Crippen LogP contribution in [0.2, 0.25) is 8.87 Å². The summed E-state index contributed by atoms with van der Waals surface area (Å²) in [7, 11) is 0. The number of nitrogens with one attached hydrogen (secondary N) is 2. The van der Waals surface area contributed by atoms with Crippen LogP contribution >= 0.6 is 0 Å². The van der Waals surface area contributed by atoms with Gasteiger partial charge in [-0.05, 0) is 72.8 Å². The molecule has 0 fully saturated rings. The Morgan fingerprint density at radius 2 is 0.976 bits per heavy atom. The van der Waals surface area contributed by atoms with E-state index in [1.807, 2.05) is 0 Å². The summed E-state index contributed by atoms with van der Waals surface area (Å²) in [5.41, 5.74) is 2.63. The molecule has 2 aromatic carbocycles. The predicted molar refractivity (Wildman–Crippen MR) is 168 cm³/mol. The molecule has 0 bridgehead atoms. The van der Waals surface area contributed by atoms with Gasteiger partial charge in [0.1, 0.15) is 11.6 Å². The molecule has 0 spiro atoms. The fraction of sp³-hybridized carbons (Fsp3) is 0.235. The molecule has 0 aromatic heterocycles. The van der Waals surface area contributed by atoms with Crippen molar-refractivity contribution in [2.24, 2.45) is 0 Å². The molecule has 7 heteroatoms. The molecule has 2 radical (unpaired) electrons. The van der Waals surface area contributed by atoms with E-state index in [4.69, 9.17) is 0 Å². The molecule has 4 rings (SSSR count). The summed E-state index contributed by atoms with van der Waals surface area (Å²) in [4.78, 5) is 22.7. The number of hydrogen-bond acceptors (Lipinski definition) is 4. The van der Waals surface area contributed by atoms with Gasteiger partial charge in [0.05, 0.1) is 0 Å². The van der Waals surface area contributed by atoms with E-state index in [1.165, 1.54) is 62.1 Å². The van der Waals surface area contributed by atoms with Crippen LogP contribution in [0.25, 0.3) is 0 Å². The largest absolute Gasteiger partial charge is 0.361 e. The normalized spacial score (nSPS) is 15.3. The number of unbranched alkanes of at least 4 members (excludes halogenated alkanes) is 2. The second kappa shape index (κ2) is 20.4. The Balaban J connectivity index is 0.000000225. The third-order valence-corrected chi connectivity index (χ3v) is 9.77. The zero-order valence-electron chi connectivity index (χ0n) is 23.7. The number of anilines is 2. The molecule has 0 unspecified atom stereocenters. The third kappa shape index (κ3) is 14.6. The van der Waals surface area contributed by atoms with Crippen molar-refractivity contribution in [3.8, 4) is 0 Å². The maximum Gasteiger partial charge on any atom is 0.187 e. The smallest absolute Gasteiger partial charge is 0.187 e. The Bertz CT molecular complexity index is 1180. The number of hydrogen-bond donors (Lipinski definition) is 2. The number of carbonyl (C=O) groups excluding carboxylic acids is 2. The standard InChI is InChI=1S/2C13H10FNO.2C4H9.Sn/c2*14-11-5-7-12(8-6-11)15-9-10-3-1-2-4-13(10)16;2*1-3-4-2;/h2*1-9,15H;2*1,3-4H2,2H3;. The van der Waals surface area contributed by atoms with Gasteiger partial charge < -0.3 is 10.6 Å². The van der Waals surface area contributed by atoms with Gasteiger partial charge in [-0.1, -0.05) is 24.3 Å². The Kier molecular flexibility index (Phi) is 16.7. The van der Waals surface area contributed by atoms with Crippen LogP contribution in [0.3, 0.4) is 0 Å². The maximum absolute atomic E-state index is 12.6. The molecule has 0 aliphatic heterocycles. The third-order valence-electron chi connectivity index (χ3n) is 5.73. The second-order valence-corrected chi connectivity index (χ2v) is 13.4.